The molecule has 1 saturated carbocycles. The fraction of sp³-hybridized carbons (Fsp3) is 0.455. The minimum absolute atomic E-state index is 0.133. The van der Waals surface area contributed by atoms with E-state index in [2.05, 4.69) is 7.28 Å². The maximum Gasteiger partial charge on any atom is 0.119 e. The Bertz CT molecular complexity index is 279. The van der Waals surface area contributed by atoms with Crippen molar-refractivity contribution in [3.8, 4) is 0 Å². The van der Waals surface area contributed by atoms with Gasteiger partial charge >= 0.3 is 0 Å². The lowest BCUT2D eigenvalue weighted by atomic mass is 9.58. The SMILES string of the molecule is Fc1cccc([B-]C2CCCC2)c1. The summed E-state index contributed by atoms with van der Waals surface area (Å²) in [6.07, 6.45) is 5.21. The van der Waals surface area contributed by atoms with E-state index in [-0.39, 0.29) is 5.82 Å². The largest absolute Gasteiger partial charge is 0.293 e. The Hall–Kier alpha value is -0.785. The first-order valence-corrected chi connectivity index (χ1v) is 4.95. The molecule has 1 aliphatic carbocycles. The van der Waals surface area contributed by atoms with E-state index in [9.17, 15) is 4.39 Å². The van der Waals surface area contributed by atoms with Crippen LogP contribution >= 0.6 is 0 Å². The fourth-order valence-corrected chi connectivity index (χ4v) is 2.01. The molecular weight excluding hydrogens is 162 g/mol. The van der Waals surface area contributed by atoms with Gasteiger partial charge in [0.1, 0.15) is 5.82 Å². The second kappa shape index (κ2) is 3.95. The Morgan fingerprint density at radius 2 is 2.00 bits per heavy atom. The smallest absolute Gasteiger partial charge is 0.119 e. The number of hydrogen-bond acceptors (Lipinski definition) is 0. The molecule has 68 valence electrons. The van der Waals surface area contributed by atoms with Gasteiger partial charge in [-0.15, -0.1) is 6.07 Å². The maximum atomic E-state index is 12.8. The second-order valence-corrected chi connectivity index (χ2v) is 3.77. The number of hydrogen-bond donors (Lipinski definition) is 0. The molecule has 0 atom stereocenters. The molecule has 1 aromatic carbocycles. The van der Waals surface area contributed by atoms with Gasteiger partial charge in [-0.25, -0.2) is 10.2 Å². The number of halogens is 1. The highest BCUT2D eigenvalue weighted by Gasteiger charge is 2.04. The van der Waals surface area contributed by atoms with E-state index in [1.54, 1.807) is 12.1 Å². The zero-order valence-electron chi connectivity index (χ0n) is 7.67. The average Bonchev–Trinajstić information content (AvgIpc) is 2.57. The van der Waals surface area contributed by atoms with Crippen molar-refractivity contribution >= 4 is 12.7 Å². The summed E-state index contributed by atoms with van der Waals surface area (Å²) in [5.74, 6) is 0.550. The number of benzene rings is 1. The van der Waals surface area contributed by atoms with Gasteiger partial charge in [-0.3, -0.25) is 12.7 Å². The van der Waals surface area contributed by atoms with Gasteiger partial charge in [0, 0.05) is 0 Å². The van der Waals surface area contributed by atoms with Crippen LogP contribution in [0.5, 0.6) is 0 Å². The molecule has 0 nitrogen and oxygen atoms in total. The molecule has 0 bridgehead atoms. The molecule has 1 fully saturated rings. The third-order valence-corrected chi connectivity index (χ3v) is 2.68. The van der Waals surface area contributed by atoms with Crippen molar-refractivity contribution in [1.82, 2.24) is 0 Å². The summed E-state index contributed by atoms with van der Waals surface area (Å²) in [6.45, 7) is 0. The molecule has 0 spiro atoms. The molecule has 1 aliphatic rings. The van der Waals surface area contributed by atoms with Gasteiger partial charge in [-0.2, -0.15) is 0 Å². The molecule has 1 aromatic rings. The van der Waals surface area contributed by atoms with Crippen molar-refractivity contribution in [1.29, 1.82) is 0 Å². The molecule has 2 rings (SSSR count). The van der Waals surface area contributed by atoms with Crippen molar-refractivity contribution in [2.45, 2.75) is 31.5 Å². The highest BCUT2D eigenvalue weighted by molar-refractivity contribution is 6.55. The predicted octanol–water partition coefficient (Wildman–Crippen LogP) is 2.52. The van der Waals surface area contributed by atoms with Crippen LogP contribution in [-0.2, 0) is 0 Å². The highest BCUT2D eigenvalue weighted by atomic mass is 19.1. The van der Waals surface area contributed by atoms with Crippen molar-refractivity contribution < 1.29 is 4.39 Å². The normalized spacial score (nSPS) is 17.9. The van der Waals surface area contributed by atoms with E-state index < -0.39 is 0 Å². The van der Waals surface area contributed by atoms with E-state index in [4.69, 9.17) is 0 Å². The molecular formula is C11H13BF-. The highest BCUT2D eigenvalue weighted by Crippen LogP contribution is 2.28. The van der Waals surface area contributed by atoms with E-state index in [0.29, 0.717) is 5.82 Å². The summed E-state index contributed by atoms with van der Waals surface area (Å²) in [5.41, 5.74) is 1.03. The van der Waals surface area contributed by atoms with Crippen molar-refractivity contribution in [2.75, 3.05) is 0 Å². The monoisotopic (exact) mass is 175 g/mol. The van der Waals surface area contributed by atoms with E-state index in [0.717, 1.165) is 5.46 Å². The molecule has 0 aliphatic heterocycles. The molecule has 2 radical (unpaired) electrons. The average molecular weight is 175 g/mol. The van der Waals surface area contributed by atoms with Gasteiger partial charge in [0.25, 0.3) is 0 Å². The van der Waals surface area contributed by atoms with Crippen LogP contribution in [0.1, 0.15) is 25.7 Å². The molecule has 2 heteroatoms. The maximum absolute atomic E-state index is 12.8. The van der Waals surface area contributed by atoms with Crippen LogP contribution in [-0.4, -0.2) is 7.28 Å². The van der Waals surface area contributed by atoms with Crippen LogP contribution in [0.25, 0.3) is 0 Å². The van der Waals surface area contributed by atoms with Gasteiger partial charge < -0.3 is 0 Å². The first-order valence-electron chi connectivity index (χ1n) is 4.95. The zero-order valence-corrected chi connectivity index (χ0v) is 7.67. The summed E-state index contributed by atoms with van der Waals surface area (Å²) in [4.78, 5) is 0. The van der Waals surface area contributed by atoms with Crippen LogP contribution in [0.4, 0.5) is 4.39 Å². The second-order valence-electron chi connectivity index (χ2n) is 3.77. The Labute approximate surface area is 79.4 Å². The van der Waals surface area contributed by atoms with Gasteiger partial charge in [0.15, 0.2) is 0 Å². The quantitative estimate of drug-likeness (QED) is 0.605. The Kier molecular flexibility index (Phi) is 2.67. The summed E-state index contributed by atoms with van der Waals surface area (Å²) >= 11 is 0. The summed E-state index contributed by atoms with van der Waals surface area (Å²) in [5, 5.41) is 0. The Balaban J connectivity index is 2.00. The minimum atomic E-state index is -0.133. The zero-order chi connectivity index (χ0) is 9.10. The van der Waals surface area contributed by atoms with Crippen LogP contribution in [0.2, 0.25) is 5.82 Å². The van der Waals surface area contributed by atoms with Gasteiger partial charge in [0.05, 0.1) is 0 Å². The van der Waals surface area contributed by atoms with Crippen LogP contribution < -0.4 is 5.46 Å². The first kappa shape index (κ1) is 8.80. The first-order chi connectivity index (χ1) is 6.34. The lowest BCUT2D eigenvalue weighted by molar-refractivity contribution is 0.629. The molecule has 0 N–H and O–H groups in total. The molecule has 0 aromatic heterocycles. The van der Waals surface area contributed by atoms with Crippen LogP contribution in [0.3, 0.4) is 0 Å². The van der Waals surface area contributed by atoms with Crippen molar-refractivity contribution in [3.63, 3.8) is 0 Å². The summed E-state index contributed by atoms with van der Waals surface area (Å²) in [7, 11) is 2.20. The third-order valence-electron chi connectivity index (χ3n) is 2.68. The van der Waals surface area contributed by atoms with Crippen molar-refractivity contribution in [2.24, 2.45) is 0 Å². The topological polar surface area (TPSA) is 0 Å². The van der Waals surface area contributed by atoms with E-state index in [1.807, 2.05) is 6.07 Å². The van der Waals surface area contributed by atoms with Gasteiger partial charge in [0.2, 0.25) is 0 Å². The lowest BCUT2D eigenvalue weighted by Crippen LogP contribution is -2.18. The molecule has 0 amide bonds. The molecule has 0 heterocycles. The van der Waals surface area contributed by atoms with Crippen LogP contribution in [0.15, 0.2) is 24.3 Å². The van der Waals surface area contributed by atoms with Crippen LogP contribution in [0, 0.1) is 5.82 Å². The van der Waals surface area contributed by atoms with Gasteiger partial charge in [-0.1, -0.05) is 37.8 Å². The Morgan fingerprint density at radius 3 is 2.69 bits per heavy atom. The van der Waals surface area contributed by atoms with E-state index >= 15 is 0 Å². The number of rotatable bonds is 2. The summed E-state index contributed by atoms with van der Waals surface area (Å²) < 4.78 is 12.8. The molecule has 13 heavy (non-hydrogen) atoms. The standard InChI is InChI=1S/C11H13BF/c13-11-7-3-6-10(8-11)12-9-4-1-2-5-9/h3,6-9H,1-2,4-5H2/q-1. The fourth-order valence-electron chi connectivity index (χ4n) is 2.01. The molecule has 0 unspecified atom stereocenters. The predicted molar refractivity (Wildman–Crippen MR) is 54.0 cm³/mol. The van der Waals surface area contributed by atoms with Gasteiger partial charge in [-0.05, 0) is 6.07 Å². The minimum Gasteiger partial charge on any atom is -0.293 e. The summed E-state index contributed by atoms with van der Waals surface area (Å²) in [6, 6.07) is 6.85. The van der Waals surface area contributed by atoms with E-state index in [1.165, 1.54) is 31.7 Å². The van der Waals surface area contributed by atoms with Crippen molar-refractivity contribution in [3.05, 3.63) is 30.1 Å². The lowest BCUT2D eigenvalue weighted by Gasteiger charge is -2.24. The molecule has 0 saturated heterocycles. The third kappa shape index (κ3) is 2.33. The Morgan fingerprint density at radius 1 is 1.23 bits per heavy atom.